The summed E-state index contributed by atoms with van der Waals surface area (Å²) >= 11 is 0. The molecular weight excluding hydrogens is 428 g/mol. The molecule has 2 aliphatic heterocycles. The van der Waals surface area contributed by atoms with Crippen LogP contribution in [0.3, 0.4) is 0 Å². The van der Waals surface area contributed by atoms with Crippen LogP contribution in [-0.2, 0) is 11.3 Å². The van der Waals surface area contributed by atoms with E-state index in [1.807, 2.05) is 42.5 Å². The van der Waals surface area contributed by atoms with Crippen molar-refractivity contribution in [1.29, 1.82) is 0 Å². The van der Waals surface area contributed by atoms with Gasteiger partial charge in [0, 0.05) is 32.7 Å². The number of urea groups is 1. The van der Waals surface area contributed by atoms with Gasteiger partial charge in [-0.3, -0.25) is 9.69 Å². The van der Waals surface area contributed by atoms with Crippen LogP contribution in [0.5, 0.6) is 11.5 Å². The SMILES string of the molecule is O=C1N/C(=C\c2ccc(CN3CCNCC3)cc2)C(=O)N1c1ccc(Oc2ccccc2)cc1. The molecule has 2 aliphatic rings. The van der Waals surface area contributed by atoms with Crippen molar-refractivity contribution in [1.82, 2.24) is 15.5 Å². The molecule has 3 aromatic rings. The zero-order valence-electron chi connectivity index (χ0n) is 18.7. The molecule has 34 heavy (non-hydrogen) atoms. The summed E-state index contributed by atoms with van der Waals surface area (Å²) in [6.07, 6.45) is 1.71. The highest BCUT2D eigenvalue weighted by Gasteiger charge is 2.34. The molecule has 5 rings (SSSR count). The molecule has 172 valence electrons. The lowest BCUT2D eigenvalue weighted by Gasteiger charge is -2.27. The van der Waals surface area contributed by atoms with Crippen molar-refractivity contribution in [2.45, 2.75) is 6.54 Å². The van der Waals surface area contributed by atoms with E-state index in [1.165, 1.54) is 5.56 Å². The molecule has 0 spiro atoms. The number of rotatable bonds is 6. The first-order valence-corrected chi connectivity index (χ1v) is 11.4. The largest absolute Gasteiger partial charge is 0.457 e. The molecule has 3 aromatic carbocycles. The monoisotopic (exact) mass is 454 g/mol. The van der Waals surface area contributed by atoms with Gasteiger partial charge in [-0.25, -0.2) is 9.69 Å². The van der Waals surface area contributed by atoms with Gasteiger partial charge >= 0.3 is 6.03 Å². The Morgan fingerprint density at radius 3 is 2.21 bits per heavy atom. The number of imide groups is 1. The van der Waals surface area contributed by atoms with Crippen molar-refractivity contribution in [3.8, 4) is 11.5 Å². The quantitative estimate of drug-likeness (QED) is 0.435. The first-order valence-electron chi connectivity index (χ1n) is 11.4. The number of nitrogens with zero attached hydrogens (tertiary/aromatic N) is 2. The number of carbonyl (C=O) groups excluding carboxylic acids is 2. The lowest BCUT2D eigenvalue weighted by atomic mass is 10.1. The van der Waals surface area contributed by atoms with E-state index in [-0.39, 0.29) is 11.6 Å². The Morgan fingerprint density at radius 1 is 0.824 bits per heavy atom. The number of para-hydroxylation sites is 1. The fraction of sp³-hybridized carbons (Fsp3) is 0.185. The Balaban J connectivity index is 1.25. The number of ether oxygens (including phenoxy) is 1. The summed E-state index contributed by atoms with van der Waals surface area (Å²) in [5, 5.41) is 6.05. The van der Waals surface area contributed by atoms with Gasteiger partial charge in [-0.2, -0.15) is 0 Å². The second-order valence-corrected chi connectivity index (χ2v) is 8.31. The number of hydrogen-bond acceptors (Lipinski definition) is 5. The number of carbonyl (C=O) groups is 2. The minimum atomic E-state index is -0.469. The Morgan fingerprint density at radius 2 is 1.50 bits per heavy atom. The minimum Gasteiger partial charge on any atom is -0.457 e. The van der Waals surface area contributed by atoms with E-state index in [4.69, 9.17) is 4.74 Å². The molecule has 7 nitrogen and oxygen atoms in total. The molecule has 0 bridgehead atoms. The van der Waals surface area contributed by atoms with Crippen molar-refractivity contribution in [2.75, 3.05) is 31.1 Å². The third-order valence-electron chi connectivity index (χ3n) is 5.86. The average molecular weight is 455 g/mol. The standard InChI is InChI=1S/C27H26N4O3/c32-26-25(18-20-6-8-21(9-7-20)19-30-16-14-28-15-17-30)29-27(33)31(26)22-10-12-24(13-11-22)34-23-4-2-1-3-5-23/h1-13,18,28H,14-17,19H2,(H,29,33)/b25-18-. The van der Waals surface area contributed by atoms with Crippen LogP contribution in [-0.4, -0.2) is 43.0 Å². The minimum absolute atomic E-state index is 0.254. The lowest BCUT2D eigenvalue weighted by Crippen LogP contribution is -2.42. The van der Waals surface area contributed by atoms with Crippen molar-refractivity contribution in [3.05, 3.63) is 95.7 Å². The second kappa shape index (κ2) is 9.91. The number of anilines is 1. The van der Waals surface area contributed by atoms with Gasteiger partial charge in [0.25, 0.3) is 5.91 Å². The van der Waals surface area contributed by atoms with E-state index in [0.29, 0.717) is 11.4 Å². The van der Waals surface area contributed by atoms with Crippen LogP contribution in [0.2, 0.25) is 0 Å². The van der Waals surface area contributed by atoms with E-state index < -0.39 is 6.03 Å². The smallest absolute Gasteiger partial charge is 0.333 e. The fourth-order valence-electron chi connectivity index (χ4n) is 4.07. The van der Waals surface area contributed by atoms with Crippen LogP contribution in [0, 0.1) is 0 Å². The summed E-state index contributed by atoms with van der Waals surface area (Å²) in [4.78, 5) is 29.1. The molecule has 2 fully saturated rings. The van der Waals surface area contributed by atoms with Crippen LogP contribution in [0.4, 0.5) is 10.5 Å². The maximum atomic E-state index is 13.0. The Labute approximate surface area is 198 Å². The third-order valence-corrected chi connectivity index (χ3v) is 5.86. The van der Waals surface area contributed by atoms with Gasteiger partial charge in [0.15, 0.2) is 0 Å². The average Bonchev–Trinajstić information content (AvgIpc) is 3.15. The topological polar surface area (TPSA) is 73.9 Å². The first-order chi connectivity index (χ1) is 16.7. The molecule has 2 saturated heterocycles. The number of piperazine rings is 1. The highest BCUT2D eigenvalue weighted by molar-refractivity contribution is 6.28. The zero-order valence-corrected chi connectivity index (χ0v) is 18.7. The molecule has 0 atom stereocenters. The normalized spacial score (nSPS) is 17.8. The maximum Gasteiger partial charge on any atom is 0.333 e. The maximum absolute atomic E-state index is 13.0. The lowest BCUT2D eigenvalue weighted by molar-refractivity contribution is -0.113. The molecule has 2 N–H and O–H groups in total. The Kier molecular flexibility index (Phi) is 6.38. The van der Waals surface area contributed by atoms with E-state index in [1.54, 1.807) is 30.3 Å². The molecule has 0 radical (unpaired) electrons. The highest BCUT2D eigenvalue weighted by atomic mass is 16.5. The van der Waals surface area contributed by atoms with Gasteiger partial charge in [0.2, 0.25) is 0 Å². The van der Waals surface area contributed by atoms with Gasteiger partial charge in [-0.1, -0.05) is 42.5 Å². The zero-order chi connectivity index (χ0) is 23.3. The highest BCUT2D eigenvalue weighted by Crippen LogP contribution is 2.27. The summed E-state index contributed by atoms with van der Waals surface area (Å²) in [5.74, 6) is 0.958. The van der Waals surface area contributed by atoms with Crippen LogP contribution in [0.15, 0.2) is 84.6 Å². The fourth-order valence-corrected chi connectivity index (χ4v) is 4.07. The molecule has 3 amide bonds. The number of benzene rings is 3. The van der Waals surface area contributed by atoms with Crippen molar-refractivity contribution in [2.24, 2.45) is 0 Å². The van der Waals surface area contributed by atoms with Gasteiger partial charge in [-0.15, -0.1) is 0 Å². The molecule has 2 heterocycles. The summed E-state index contributed by atoms with van der Waals surface area (Å²) in [6, 6.07) is 23.9. The molecular formula is C27H26N4O3. The summed E-state index contributed by atoms with van der Waals surface area (Å²) < 4.78 is 5.79. The number of amides is 3. The van der Waals surface area contributed by atoms with Crippen molar-refractivity contribution < 1.29 is 14.3 Å². The van der Waals surface area contributed by atoms with Gasteiger partial charge in [-0.05, 0) is 53.6 Å². The van der Waals surface area contributed by atoms with Crippen molar-refractivity contribution in [3.63, 3.8) is 0 Å². The predicted molar refractivity (Wildman–Crippen MR) is 132 cm³/mol. The summed E-state index contributed by atoms with van der Waals surface area (Å²) in [5.41, 5.74) is 2.83. The van der Waals surface area contributed by atoms with E-state index in [2.05, 4.69) is 27.7 Å². The molecule has 7 heteroatoms. The van der Waals surface area contributed by atoms with Crippen molar-refractivity contribution >= 4 is 23.7 Å². The van der Waals surface area contributed by atoms with Crippen LogP contribution < -0.4 is 20.3 Å². The Hall–Kier alpha value is -3.94. The molecule has 0 unspecified atom stereocenters. The second-order valence-electron chi connectivity index (χ2n) is 8.31. The van der Waals surface area contributed by atoms with Crippen LogP contribution >= 0.6 is 0 Å². The predicted octanol–water partition coefficient (Wildman–Crippen LogP) is 3.98. The van der Waals surface area contributed by atoms with Gasteiger partial charge in [0.05, 0.1) is 5.69 Å². The molecule has 0 saturated carbocycles. The first kappa shape index (κ1) is 21.9. The van der Waals surface area contributed by atoms with E-state index in [9.17, 15) is 9.59 Å². The summed E-state index contributed by atoms with van der Waals surface area (Å²) in [6.45, 7) is 5.03. The van der Waals surface area contributed by atoms with E-state index >= 15 is 0 Å². The van der Waals surface area contributed by atoms with Gasteiger partial charge in [0.1, 0.15) is 17.2 Å². The third kappa shape index (κ3) is 5.01. The van der Waals surface area contributed by atoms with Gasteiger partial charge < -0.3 is 15.4 Å². The van der Waals surface area contributed by atoms with Crippen LogP contribution in [0.25, 0.3) is 6.08 Å². The summed E-state index contributed by atoms with van der Waals surface area (Å²) in [7, 11) is 0. The Bertz CT molecular complexity index is 1180. The number of nitrogens with one attached hydrogen (secondary N) is 2. The molecule has 0 aliphatic carbocycles. The van der Waals surface area contributed by atoms with Crippen LogP contribution in [0.1, 0.15) is 11.1 Å². The number of hydrogen-bond donors (Lipinski definition) is 2. The van der Waals surface area contributed by atoms with E-state index in [0.717, 1.165) is 48.9 Å². The molecule has 0 aromatic heterocycles.